The van der Waals surface area contributed by atoms with E-state index < -0.39 is 0 Å². The van der Waals surface area contributed by atoms with E-state index >= 15 is 0 Å². The van der Waals surface area contributed by atoms with Crippen molar-refractivity contribution in [2.24, 2.45) is 0 Å². The Hall–Kier alpha value is -8.82. The van der Waals surface area contributed by atoms with E-state index in [0.29, 0.717) is 5.95 Å². The number of fused-ring (bicyclic) bond motifs is 13. The molecule has 0 saturated heterocycles. The van der Waals surface area contributed by atoms with Crippen LogP contribution in [0.4, 0.5) is 0 Å². The van der Waals surface area contributed by atoms with Gasteiger partial charge in [-0.25, -0.2) is 24.5 Å². The van der Waals surface area contributed by atoms with Crippen molar-refractivity contribution < 1.29 is 4.42 Å². The minimum absolute atomic E-state index is 0.552. The lowest BCUT2D eigenvalue weighted by atomic mass is 10.0. The monoisotopic (exact) mass is 808 g/mol. The molecule has 0 amide bonds. The highest BCUT2D eigenvalue weighted by atomic mass is 16.3. The normalized spacial score (nSPS) is 12.1. The Kier molecular flexibility index (Phi) is 6.92. The van der Waals surface area contributed by atoms with E-state index in [1.54, 1.807) is 0 Å². The molecule has 9 nitrogen and oxygen atoms in total. The molecular weight excluding hydrogens is 777 g/mol. The van der Waals surface area contributed by atoms with Gasteiger partial charge in [-0.05, 0) is 83.9 Å². The predicted octanol–water partition coefficient (Wildman–Crippen LogP) is 12.9. The zero-order valence-corrected chi connectivity index (χ0v) is 33.5. The number of para-hydroxylation sites is 5. The zero-order valence-electron chi connectivity index (χ0n) is 33.5. The molecule has 63 heavy (non-hydrogen) atoms. The van der Waals surface area contributed by atoms with Crippen molar-refractivity contribution in [1.82, 2.24) is 37.9 Å². The van der Waals surface area contributed by atoms with Gasteiger partial charge in [0, 0.05) is 28.0 Å². The highest BCUT2D eigenvalue weighted by Gasteiger charge is 2.23. The summed E-state index contributed by atoms with van der Waals surface area (Å²) in [5.74, 6) is 2.13. The quantitative estimate of drug-likeness (QED) is 0.173. The Morgan fingerprint density at radius 1 is 0.333 bits per heavy atom. The summed E-state index contributed by atoms with van der Waals surface area (Å²) in [6.45, 7) is 0. The van der Waals surface area contributed by atoms with Crippen molar-refractivity contribution >= 4 is 77.6 Å². The van der Waals surface area contributed by atoms with Crippen LogP contribution in [0, 0.1) is 0 Å². The van der Waals surface area contributed by atoms with E-state index in [0.717, 1.165) is 117 Å². The maximum Gasteiger partial charge on any atom is 0.238 e. The van der Waals surface area contributed by atoms with Gasteiger partial charge in [-0.1, -0.05) is 115 Å². The summed E-state index contributed by atoms with van der Waals surface area (Å²) >= 11 is 0. The van der Waals surface area contributed by atoms with Gasteiger partial charge < -0.3 is 4.42 Å². The smallest absolute Gasteiger partial charge is 0.238 e. The predicted molar refractivity (Wildman–Crippen MR) is 252 cm³/mol. The van der Waals surface area contributed by atoms with E-state index in [4.69, 9.17) is 24.4 Å². The maximum atomic E-state index is 6.36. The molecular formula is C54H32N8O. The van der Waals surface area contributed by atoms with Crippen LogP contribution in [0.25, 0.3) is 123 Å². The minimum Gasteiger partial charge on any atom is -0.456 e. The maximum absolute atomic E-state index is 6.36. The number of nitrogens with zero attached hydrogens (tertiary/aromatic N) is 8. The Balaban J connectivity index is 0.990. The molecule has 0 radical (unpaired) electrons. The highest BCUT2D eigenvalue weighted by Crippen LogP contribution is 2.38. The molecule has 0 aliphatic rings. The van der Waals surface area contributed by atoms with Crippen LogP contribution in [0.3, 0.4) is 0 Å². The third kappa shape index (κ3) is 4.98. The molecule has 0 bridgehead atoms. The molecule has 0 atom stereocenters. The zero-order chi connectivity index (χ0) is 41.2. The molecule has 0 unspecified atom stereocenters. The van der Waals surface area contributed by atoms with Crippen molar-refractivity contribution in [2.45, 2.75) is 0 Å². The van der Waals surface area contributed by atoms with Crippen LogP contribution >= 0.6 is 0 Å². The minimum atomic E-state index is 0.552. The molecule has 0 spiro atoms. The fourth-order valence-corrected chi connectivity index (χ4v) is 9.51. The summed E-state index contributed by atoms with van der Waals surface area (Å²) in [6, 6.07) is 67.2. The Bertz CT molecular complexity index is 4090. The number of hydrogen-bond donors (Lipinski definition) is 0. The Morgan fingerprint density at radius 2 is 0.857 bits per heavy atom. The Labute approximate surface area is 358 Å². The number of rotatable bonds is 5. The lowest BCUT2D eigenvalue weighted by molar-refractivity contribution is 0.668. The molecule has 0 aliphatic carbocycles. The molecule has 6 heterocycles. The molecule has 6 aromatic heterocycles. The first-order chi connectivity index (χ1) is 31.2. The molecule has 0 aliphatic heterocycles. The van der Waals surface area contributed by atoms with Crippen LogP contribution in [0.5, 0.6) is 0 Å². The first-order valence-corrected chi connectivity index (χ1v) is 21.0. The molecule has 0 N–H and O–H groups in total. The van der Waals surface area contributed by atoms with E-state index in [-0.39, 0.29) is 0 Å². The van der Waals surface area contributed by atoms with Crippen molar-refractivity contribution in [3.05, 3.63) is 194 Å². The highest BCUT2D eigenvalue weighted by molar-refractivity contribution is 6.06. The van der Waals surface area contributed by atoms with Crippen LogP contribution < -0.4 is 0 Å². The van der Waals surface area contributed by atoms with Crippen molar-refractivity contribution in [3.63, 3.8) is 0 Å². The molecule has 9 heteroatoms. The average molecular weight is 809 g/mol. The molecule has 294 valence electrons. The van der Waals surface area contributed by atoms with Gasteiger partial charge in [0.2, 0.25) is 17.5 Å². The van der Waals surface area contributed by atoms with Gasteiger partial charge in [0.05, 0.1) is 61.2 Å². The second-order valence-electron chi connectivity index (χ2n) is 16.0. The van der Waals surface area contributed by atoms with Gasteiger partial charge >= 0.3 is 0 Å². The van der Waals surface area contributed by atoms with Gasteiger partial charge in [0.1, 0.15) is 11.2 Å². The van der Waals surface area contributed by atoms with Crippen molar-refractivity contribution in [3.8, 4) is 45.3 Å². The summed E-state index contributed by atoms with van der Waals surface area (Å²) < 4.78 is 15.2. The molecule has 14 aromatic rings. The standard InChI is InChI=1S/C54H32N8O/c1-3-13-33(14-4-1)42-32-43(34-15-5-2-6-16-34)56-52(55-42)62-47-28-24-36(30-49(47)61-45-21-11-9-19-41(45)58-54(61)62)35-23-27-46-48(29-35)60-44-20-10-8-18-40(44)57-53(60)59(46)37-25-26-39-38-17-7-12-22-50(38)63-51(39)31-37/h1-32H. The van der Waals surface area contributed by atoms with E-state index in [1.807, 2.05) is 60.7 Å². The van der Waals surface area contributed by atoms with Gasteiger partial charge in [0.15, 0.2) is 0 Å². The van der Waals surface area contributed by atoms with Crippen LogP contribution in [-0.2, 0) is 0 Å². The third-order valence-corrected chi connectivity index (χ3v) is 12.4. The SMILES string of the molecule is c1ccc(-c2cc(-c3ccccc3)nc(-n3c4ccc(-c5ccc6c(c5)n5c7ccccc7nc5n6-c5ccc6c(c5)oc5ccccc56)cc4n4c5ccccc5nc34)n2)cc1. The first-order valence-electron chi connectivity index (χ1n) is 21.0. The largest absolute Gasteiger partial charge is 0.456 e. The first kappa shape index (κ1) is 34.0. The van der Waals surface area contributed by atoms with E-state index in [9.17, 15) is 0 Å². The molecule has 0 fully saturated rings. The lowest BCUT2D eigenvalue weighted by Gasteiger charge is -2.11. The number of hydrogen-bond acceptors (Lipinski definition) is 5. The van der Waals surface area contributed by atoms with Gasteiger partial charge in [0.25, 0.3) is 0 Å². The third-order valence-electron chi connectivity index (χ3n) is 12.4. The number of benzene rings is 8. The summed E-state index contributed by atoms with van der Waals surface area (Å²) in [4.78, 5) is 20.9. The molecule has 14 rings (SSSR count). The summed E-state index contributed by atoms with van der Waals surface area (Å²) in [6.07, 6.45) is 0. The van der Waals surface area contributed by atoms with E-state index in [1.165, 1.54) is 0 Å². The summed E-state index contributed by atoms with van der Waals surface area (Å²) in [5, 5.41) is 2.20. The summed E-state index contributed by atoms with van der Waals surface area (Å²) in [5.41, 5.74) is 16.5. The lowest BCUT2D eigenvalue weighted by Crippen LogP contribution is -2.04. The number of furan rings is 1. The Morgan fingerprint density at radius 3 is 1.49 bits per heavy atom. The summed E-state index contributed by atoms with van der Waals surface area (Å²) in [7, 11) is 0. The van der Waals surface area contributed by atoms with Crippen LogP contribution in [-0.4, -0.2) is 37.9 Å². The van der Waals surface area contributed by atoms with Crippen molar-refractivity contribution in [2.75, 3.05) is 0 Å². The van der Waals surface area contributed by atoms with Crippen LogP contribution in [0.15, 0.2) is 199 Å². The van der Waals surface area contributed by atoms with Crippen LogP contribution in [0.2, 0.25) is 0 Å². The average Bonchev–Trinajstić information content (AvgIpc) is 4.15. The number of aromatic nitrogens is 8. The number of imidazole rings is 4. The topological polar surface area (TPSA) is 83.4 Å². The fourth-order valence-electron chi connectivity index (χ4n) is 9.51. The van der Waals surface area contributed by atoms with Gasteiger partial charge in [-0.2, -0.15) is 0 Å². The van der Waals surface area contributed by atoms with Crippen molar-refractivity contribution in [1.29, 1.82) is 0 Å². The van der Waals surface area contributed by atoms with Crippen LogP contribution in [0.1, 0.15) is 0 Å². The van der Waals surface area contributed by atoms with E-state index in [2.05, 4.69) is 151 Å². The molecule has 0 saturated carbocycles. The second-order valence-corrected chi connectivity index (χ2v) is 16.0. The van der Waals surface area contributed by atoms with Gasteiger partial charge in [-0.15, -0.1) is 0 Å². The molecule has 8 aromatic carbocycles. The second kappa shape index (κ2) is 12.8. The van der Waals surface area contributed by atoms with Gasteiger partial charge in [-0.3, -0.25) is 13.4 Å². The fraction of sp³-hybridized carbons (Fsp3) is 0.